The third-order valence-electron chi connectivity index (χ3n) is 13.0. The number of imidazole rings is 1. The van der Waals surface area contributed by atoms with Crippen LogP contribution in [0.4, 0.5) is 0 Å². The second-order valence-corrected chi connectivity index (χ2v) is 31.0. The second kappa shape index (κ2) is 20.0. The maximum atomic E-state index is 5.25. The van der Waals surface area contributed by atoms with Crippen LogP contribution < -0.4 is 4.40 Å². The molecule has 1 aliphatic carbocycles. The van der Waals surface area contributed by atoms with Gasteiger partial charge in [0.2, 0.25) is 0 Å². The van der Waals surface area contributed by atoms with Gasteiger partial charge in [-0.2, -0.15) is 11.3 Å². The van der Waals surface area contributed by atoms with E-state index in [0.29, 0.717) is 11.8 Å². The first kappa shape index (κ1) is 46.8. The maximum absolute atomic E-state index is 5.25. The van der Waals surface area contributed by atoms with Gasteiger partial charge in [-0.05, 0) is 81.4 Å². The van der Waals surface area contributed by atoms with E-state index in [1.165, 1.54) is 81.9 Å². The van der Waals surface area contributed by atoms with Crippen LogP contribution in [0.2, 0.25) is 17.3 Å². The van der Waals surface area contributed by atoms with E-state index in [9.17, 15) is 0 Å². The summed E-state index contributed by atoms with van der Waals surface area (Å²) in [4.78, 5) is 15.9. The largest absolute Gasteiger partial charge is 0 e. The van der Waals surface area contributed by atoms with Gasteiger partial charge >= 0.3 is 144 Å². The summed E-state index contributed by atoms with van der Waals surface area (Å²) < 4.78 is 5.18. The van der Waals surface area contributed by atoms with Gasteiger partial charge in [0.05, 0.1) is 16.9 Å². The number of rotatable bonds is 9. The quantitative estimate of drug-likeness (QED) is 0.107. The van der Waals surface area contributed by atoms with E-state index in [1.54, 1.807) is 21.3 Å². The van der Waals surface area contributed by atoms with Crippen molar-refractivity contribution in [2.45, 2.75) is 102 Å². The van der Waals surface area contributed by atoms with Crippen molar-refractivity contribution < 1.29 is 20.1 Å². The zero-order valence-corrected chi connectivity index (χ0v) is 44.4. The number of pyridine rings is 2. The van der Waals surface area contributed by atoms with Crippen LogP contribution >= 0.6 is 11.3 Å². The zero-order chi connectivity index (χ0) is 44.5. The summed E-state index contributed by atoms with van der Waals surface area (Å²) in [6.07, 6.45) is 10.5. The van der Waals surface area contributed by atoms with Gasteiger partial charge in [-0.25, -0.2) is 4.98 Å². The van der Waals surface area contributed by atoms with Crippen LogP contribution in [0.3, 0.4) is 0 Å². The van der Waals surface area contributed by atoms with Gasteiger partial charge < -0.3 is 4.57 Å². The van der Waals surface area contributed by atoms with Gasteiger partial charge in [-0.15, -0.1) is 23.8 Å². The number of hydrogen-bond donors (Lipinski definition) is 0. The Hall–Kier alpha value is -4.72. The predicted molar refractivity (Wildman–Crippen MR) is 276 cm³/mol. The van der Waals surface area contributed by atoms with E-state index in [4.69, 9.17) is 15.0 Å². The number of thiophene rings is 1. The van der Waals surface area contributed by atoms with Crippen molar-refractivity contribution in [2.24, 2.45) is 5.92 Å². The van der Waals surface area contributed by atoms with Gasteiger partial charge in [0.15, 0.2) is 0 Å². The maximum Gasteiger partial charge on any atom is 0 e. The van der Waals surface area contributed by atoms with Crippen LogP contribution in [0.5, 0.6) is 0 Å². The molecular formula is C58H60GeIrN4S-2. The molecule has 65 heavy (non-hydrogen) atoms. The van der Waals surface area contributed by atoms with Gasteiger partial charge in [0.1, 0.15) is 4.83 Å². The average Bonchev–Trinajstić information content (AvgIpc) is 3.87. The Labute approximate surface area is 406 Å². The molecule has 0 amide bonds. The molecule has 333 valence electrons. The summed E-state index contributed by atoms with van der Waals surface area (Å²) in [5, 5.41) is 2.39. The van der Waals surface area contributed by atoms with Crippen molar-refractivity contribution in [3.05, 3.63) is 162 Å². The molecule has 9 aromatic rings. The van der Waals surface area contributed by atoms with E-state index >= 15 is 0 Å². The summed E-state index contributed by atoms with van der Waals surface area (Å²) in [6.45, 7) is 11.2. The molecule has 5 aromatic carbocycles. The molecule has 0 atom stereocenters. The first-order valence-corrected chi connectivity index (χ1v) is 31.5. The number of aryl methyl sites for hydroxylation is 1. The SMILES string of the molecule is Cc1ccc2c(n1)sc1c[c-]c(-c3nc4ccccc4n3-c3c(C(C)C)cc(-c4ccccc4)cc3C(C)C)cc12.[CH3][Ge]([CH3])([CH3])[c]1cnc(-c2[c-]cccc2)cc1CC1CCCCC1.[Ir]. The Bertz CT molecular complexity index is 3040. The molecule has 1 saturated carbocycles. The van der Waals surface area contributed by atoms with Crippen LogP contribution in [0, 0.1) is 25.0 Å². The number of benzene rings is 5. The number of aromatic nitrogens is 4. The molecule has 1 radical (unpaired) electrons. The van der Waals surface area contributed by atoms with E-state index in [1.807, 2.05) is 19.1 Å². The van der Waals surface area contributed by atoms with Crippen LogP contribution in [-0.4, -0.2) is 32.8 Å². The second-order valence-electron chi connectivity index (χ2n) is 19.4. The molecule has 0 bridgehead atoms. The fourth-order valence-electron chi connectivity index (χ4n) is 9.61. The molecular weight excluding hydrogens is 1050 g/mol. The van der Waals surface area contributed by atoms with Crippen molar-refractivity contribution in [1.29, 1.82) is 0 Å². The fourth-order valence-corrected chi connectivity index (χ4v) is 14.0. The summed E-state index contributed by atoms with van der Waals surface area (Å²) in [5.74, 6) is 9.88. The number of para-hydroxylation sites is 2. The van der Waals surface area contributed by atoms with Gasteiger partial charge in [-0.3, -0.25) is 4.98 Å². The first-order chi connectivity index (χ1) is 30.9. The Balaban J connectivity index is 0.000000204. The van der Waals surface area contributed by atoms with E-state index in [-0.39, 0.29) is 20.1 Å². The molecule has 1 fully saturated rings. The van der Waals surface area contributed by atoms with Crippen LogP contribution in [0.15, 0.2) is 128 Å². The van der Waals surface area contributed by atoms with E-state index < -0.39 is 13.3 Å². The molecule has 4 heterocycles. The molecule has 1 aliphatic rings. The Morgan fingerprint density at radius 2 is 1.43 bits per heavy atom. The number of nitrogens with zero attached hydrogens (tertiary/aromatic N) is 4. The smallest absolute Gasteiger partial charge is 0 e. The van der Waals surface area contributed by atoms with Crippen molar-refractivity contribution in [3.8, 4) is 39.5 Å². The standard InChI is InChI=1S/C37H32N3S.C21H28GeN.Ir/c1-22(2)29-20-27(25-11-7-6-8-12-25)21-30(23(3)4)35(29)40-33-14-10-9-13-32(33)39-36(40)26-16-18-34-31(19-26)28-17-15-24(5)38-37(28)41-34;1-22(2,3)20-16-23-21(18-12-8-5-9-13-18)15-19(20)14-17-10-6-4-7-11-17;/h6-15,17-23H,1-5H3;5,8-9,12,15-17H,4,6-7,10-11,14H2,1-3H3;/q2*-1;. The minimum Gasteiger partial charge on any atom is 0 e. The molecule has 0 saturated heterocycles. The van der Waals surface area contributed by atoms with Crippen LogP contribution in [-0.2, 0) is 26.5 Å². The third-order valence-corrected chi connectivity index (χ3v) is 18.4. The summed E-state index contributed by atoms with van der Waals surface area (Å²) in [5.41, 5.74) is 14.3. The van der Waals surface area contributed by atoms with Gasteiger partial charge in [0, 0.05) is 31.5 Å². The molecule has 7 heteroatoms. The van der Waals surface area contributed by atoms with Gasteiger partial charge in [0.25, 0.3) is 0 Å². The summed E-state index contributed by atoms with van der Waals surface area (Å²) in [7, 11) is 0. The van der Waals surface area contributed by atoms with Crippen molar-refractivity contribution in [1.82, 2.24) is 19.5 Å². The fraction of sp³-hybridized carbons (Fsp3) is 0.293. The molecule has 4 aromatic heterocycles. The minimum atomic E-state index is -1.89. The van der Waals surface area contributed by atoms with Crippen molar-refractivity contribution in [3.63, 3.8) is 0 Å². The molecule has 0 unspecified atom stereocenters. The van der Waals surface area contributed by atoms with Crippen molar-refractivity contribution >= 4 is 60.3 Å². The van der Waals surface area contributed by atoms with Gasteiger partial charge in [-0.1, -0.05) is 81.6 Å². The summed E-state index contributed by atoms with van der Waals surface area (Å²) >= 11 is -0.159. The topological polar surface area (TPSA) is 43.6 Å². The number of fused-ring (bicyclic) bond motifs is 4. The Morgan fingerprint density at radius 3 is 2.12 bits per heavy atom. The monoisotopic (exact) mass is 1110 g/mol. The average molecular weight is 1110 g/mol. The van der Waals surface area contributed by atoms with Crippen LogP contribution in [0.25, 0.3) is 70.8 Å². The molecule has 10 rings (SSSR count). The van der Waals surface area contributed by atoms with E-state index in [2.05, 4.69) is 177 Å². The molecule has 0 spiro atoms. The third kappa shape index (κ3) is 10.0. The molecule has 0 aliphatic heterocycles. The Kier molecular flexibility index (Phi) is 14.4. The molecule has 4 nitrogen and oxygen atoms in total. The van der Waals surface area contributed by atoms with Crippen LogP contribution in [0.1, 0.15) is 94.0 Å². The van der Waals surface area contributed by atoms with Crippen molar-refractivity contribution in [2.75, 3.05) is 0 Å². The normalized spacial score (nSPS) is 13.4. The zero-order valence-electron chi connectivity index (χ0n) is 39.1. The Morgan fingerprint density at radius 1 is 0.723 bits per heavy atom. The predicted octanol–water partition coefficient (Wildman–Crippen LogP) is 15.7. The molecule has 0 N–H and O–H groups in total. The summed E-state index contributed by atoms with van der Waals surface area (Å²) in [6, 6.07) is 50.1. The minimum absolute atomic E-state index is 0. The number of hydrogen-bond acceptors (Lipinski definition) is 4. The van der Waals surface area contributed by atoms with E-state index in [0.717, 1.165) is 50.1 Å². The first-order valence-electron chi connectivity index (χ1n) is 23.3.